The summed E-state index contributed by atoms with van der Waals surface area (Å²) in [4.78, 5) is 2.41. The zero-order chi connectivity index (χ0) is 14.5. The fraction of sp³-hybridized carbons (Fsp3) is 0.353. The Bertz CT molecular complexity index is 657. The maximum Gasteiger partial charge on any atom is 0.0998 e. The molecular formula is C17H19N3O. The number of benzene rings is 2. The van der Waals surface area contributed by atoms with Gasteiger partial charge in [-0.1, -0.05) is 24.3 Å². The molecule has 4 heteroatoms. The van der Waals surface area contributed by atoms with Crippen molar-refractivity contribution in [1.29, 1.82) is 5.26 Å². The monoisotopic (exact) mass is 281 g/mol. The van der Waals surface area contributed by atoms with Gasteiger partial charge < -0.3 is 10.1 Å². The fourth-order valence-corrected chi connectivity index (χ4v) is 2.72. The number of ether oxygens (including phenoxy) is 1. The molecule has 0 saturated carbocycles. The summed E-state index contributed by atoms with van der Waals surface area (Å²) in [5.74, 6) is 0. The lowest BCUT2D eigenvalue weighted by Crippen LogP contribution is -2.39. The molecule has 21 heavy (non-hydrogen) atoms. The van der Waals surface area contributed by atoms with Crippen LogP contribution in [0.15, 0.2) is 36.4 Å². The molecule has 0 radical (unpaired) electrons. The highest BCUT2D eigenvalue weighted by atomic mass is 16.5. The van der Waals surface area contributed by atoms with Crippen molar-refractivity contribution in [1.82, 2.24) is 4.90 Å². The Morgan fingerprint density at radius 3 is 2.62 bits per heavy atom. The molecule has 1 saturated heterocycles. The van der Waals surface area contributed by atoms with Crippen molar-refractivity contribution < 1.29 is 4.74 Å². The van der Waals surface area contributed by atoms with Crippen LogP contribution < -0.4 is 5.32 Å². The topological polar surface area (TPSA) is 48.3 Å². The summed E-state index contributed by atoms with van der Waals surface area (Å²) in [5.41, 5.74) is 1.82. The first-order chi connectivity index (χ1) is 10.4. The van der Waals surface area contributed by atoms with E-state index in [1.807, 2.05) is 30.3 Å². The molecule has 1 fully saturated rings. The normalized spacial score (nSPS) is 15.8. The molecule has 2 aromatic carbocycles. The summed E-state index contributed by atoms with van der Waals surface area (Å²) in [5, 5.41) is 14.8. The van der Waals surface area contributed by atoms with Crippen LogP contribution >= 0.6 is 0 Å². The van der Waals surface area contributed by atoms with Crippen molar-refractivity contribution in [2.24, 2.45) is 0 Å². The number of rotatable bonds is 4. The minimum atomic E-state index is 0.726. The van der Waals surface area contributed by atoms with Gasteiger partial charge in [0.05, 0.1) is 24.8 Å². The molecule has 3 rings (SSSR count). The van der Waals surface area contributed by atoms with Crippen LogP contribution in [0.5, 0.6) is 0 Å². The Morgan fingerprint density at radius 2 is 1.86 bits per heavy atom. The van der Waals surface area contributed by atoms with E-state index in [2.05, 4.69) is 22.4 Å². The lowest BCUT2D eigenvalue weighted by Gasteiger charge is -2.26. The summed E-state index contributed by atoms with van der Waals surface area (Å²) >= 11 is 0. The Kier molecular flexibility index (Phi) is 4.34. The number of fused-ring (bicyclic) bond motifs is 1. The average Bonchev–Trinajstić information content (AvgIpc) is 2.56. The van der Waals surface area contributed by atoms with Gasteiger partial charge in [0.2, 0.25) is 0 Å². The van der Waals surface area contributed by atoms with E-state index in [0.717, 1.165) is 61.4 Å². The molecule has 0 aliphatic carbocycles. The fourth-order valence-electron chi connectivity index (χ4n) is 2.72. The second-order valence-corrected chi connectivity index (χ2v) is 5.20. The van der Waals surface area contributed by atoms with Crippen LogP contribution in [0.2, 0.25) is 0 Å². The van der Waals surface area contributed by atoms with E-state index in [0.29, 0.717) is 0 Å². The lowest BCUT2D eigenvalue weighted by atomic mass is 10.0. The van der Waals surface area contributed by atoms with Gasteiger partial charge in [-0.3, -0.25) is 4.90 Å². The first-order valence-corrected chi connectivity index (χ1v) is 7.34. The molecule has 0 bridgehead atoms. The largest absolute Gasteiger partial charge is 0.383 e. The number of nitriles is 1. The molecule has 0 unspecified atom stereocenters. The molecule has 0 spiro atoms. The molecule has 4 nitrogen and oxygen atoms in total. The molecule has 1 heterocycles. The number of morpholine rings is 1. The molecular weight excluding hydrogens is 262 g/mol. The third-order valence-corrected chi connectivity index (χ3v) is 3.89. The molecule has 1 N–H and O–H groups in total. The van der Waals surface area contributed by atoms with E-state index in [-0.39, 0.29) is 0 Å². The highest BCUT2D eigenvalue weighted by molar-refractivity contribution is 5.97. The minimum absolute atomic E-state index is 0.726. The van der Waals surface area contributed by atoms with Crippen molar-refractivity contribution in [3.8, 4) is 6.07 Å². The van der Waals surface area contributed by atoms with Gasteiger partial charge in [0.25, 0.3) is 0 Å². The summed E-state index contributed by atoms with van der Waals surface area (Å²) in [6.45, 7) is 5.60. The van der Waals surface area contributed by atoms with E-state index in [1.54, 1.807) is 0 Å². The second-order valence-electron chi connectivity index (χ2n) is 5.20. The van der Waals surface area contributed by atoms with E-state index in [1.165, 1.54) is 0 Å². The number of hydrogen-bond acceptors (Lipinski definition) is 4. The molecule has 1 aliphatic rings. The van der Waals surface area contributed by atoms with Gasteiger partial charge in [-0.05, 0) is 12.1 Å². The average molecular weight is 281 g/mol. The van der Waals surface area contributed by atoms with Crippen LogP contribution in [-0.4, -0.2) is 44.3 Å². The first kappa shape index (κ1) is 13.9. The molecule has 0 aromatic heterocycles. The molecule has 2 aromatic rings. The van der Waals surface area contributed by atoms with Crippen LogP contribution in [0.1, 0.15) is 5.56 Å². The van der Waals surface area contributed by atoms with Gasteiger partial charge in [0.1, 0.15) is 0 Å². The van der Waals surface area contributed by atoms with Crippen LogP contribution in [0.25, 0.3) is 10.8 Å². The SMILES string of the molecule is N#Cc1ccc(NCCN2CCOCC2)c2ccccc12. The highest BCUT2D eigenvalue weighted by Gasteiger charge is 2.10. The van der Waals surface area contributed by atoms with Gasteiger partial charge in [-0.25, -0.2) is 0 Å². The van der Waals surface area contributed by atoms with Crippen molar-refractivity contribution in [3.63, 3.8) is 0 Å². The lowest BCUT2D eigenvalue weighted by molar-refractivity contribution is 0.0398. The first-order valence-electron chi connectivity index (χ1n) is 7.34. The van der Waals surface area contributed by atoms with Gasteiger partial charge >= 0.3 is 0 Å². The summed E-state index contributed by atoms with van der Waals surface area (Å²) in [6, 6.07) is 14.2. The second kappa shape index (κ2) is 6.57. The molecule has 0 amide bonds. The number of anilines is 1. The van der Waals surface area contributed by atoms with Crippen LogP contribution in [0.3, 0.4) is 0 Å². The molecule has 1 aliphatic heterocycles. The predicted octanol–water partition coefficient (Wildman–Crippen LogP) is 2.46. The number of hydrogen-bond donors (Lipinski definition) is 1. The third-order valence-electron chi connectivity index (χ3n) is 3.89. The smallest absolute Gasteiger partial charge is 0.0998 e. The summed E-state index contributed by atoms with van der Waals surface area (Å²) < 4.78 is 5.35. The van der Waals surface area contributed by atoms with Crippen LogP contribution in [-0.2, 0) is 4.74 Å². The van der Waals surface area contributed by atoms with Crippen molar-refractivity contribution in [3.05, 3.63) is 42.0 Å². The summed E-state index contributed by atoms with van der Waals surface area (Å²) in [7, 11) is 0. The zero-order valence-corrected chi connectivity index (χ0v) is 12.0. The van der Waals surface area contributed by atoms with E-state index < -0.39 is 0 Å². The van der Waals surface area contributed by atoms with Crippen LogP contribution in [0.4, 0.5) is 5.69 Å². The predicted molar refractivity (Wildman–Crippen MR) is 84.4 cm³/mol. The number of nitrogens with zero attached hydrogens (tertiary/aromatic N) is 2. The standard InChI is InChI=1S/C17H19N3O/c18-13-14-5-6-17(16-4-2-1-3-15(14)16)19-7-8-20-9-11-21-12-10-20/h1-6,19H,7-12H2. The highest BCUT2D eigenvalue weighted by Crippen LogP contribution is 2.26. The van der Waals surface area contributed by atoms with E-state index >= 15 is 0 Å². The maximum atomic E-state index is 9.18. The molecule has 108 valence electrons. The Labute approximate surface area is 124 Å². The van der Waals surface area contributed by atoms with Crippen LogP contribution in [0, 0.1) is 11.3 Å². The quantitative estimate of drug-likeness (QED) is 0.935. The zero-order valence-electron chi connectivity index (χ0n) is 12.0. The van der Waals surface area contributed by atoms with E-state index in [4.69, 9.17) is 4.74 Å². The third kappa shape index (κ3) is 3.15. The maximum absolute atomic E-state index is 9.18. The van der Waals surface area contributed by atoms with Gasteiger partial charge in [-0.2, -0.15) is 5.26 Å². The van der Waals surface area contributed by atoms with Gasteiger partial charge in [0.15, 0.2) is 0 Å². The van der Waals surface area contributed by atoms with Gasteiger partial charge in [0, 0.05) is 42.6 Å². The van der Waals surface area contributed by atoms with E-state index in [9.17, 15) is 5.26 Å². The Morgan fingerprint density at radius 1 is 1.10 bits per heavy atom. The Hall–Kier alpha value is -2.09. The minimum Gasteiger partial charge on any atom is -0.383 e. The molecule has 0 atom stereocenters. The van der Waals surface area contributed by atoms with Crippen molar-refractivity contribution >= 4 is 16.5 Å². The number of nitrogens with one attached hydrogen (secondary N) is 1. The summed E-state index contributed by atoms with van der Waals surface area (Å²) in [6.07, 6.45) is 0. The van der Waals surface area contributed by atoms with Crippen molar-refractivity contribution in [2.75, 3.05) is 44.7 Å². The van der Waals surface area contributed by atoms with Crippen molar-refractivity contribution in [2.45, 2.75) is 0 Å². The Balaban J connectivity index is 1.71. The van der Waals surface area contributed by atoms with Gasteiger partial charge in [-0.15, -0.1) is 0 Å².